The van der Waals surface area contributed by atoms with Crippen molar-refractivity contribution in [2.75, 3.05) is 24.2 Å². The average Bonchev–Trinajstić information content (AvgIpc) is 3.23. The highest BCUT2D eigenvalue weighted by Gasteiger charge is 2.28. The zero-order chi connectivity index (χ0) is 15.5. The van der Waals surface area contributed by atoms with Crippen molar-refractivity contribution in [3.05, 3.63) is 11.4 Å². The van der Waals surface area contributed by atoms with Gasteiger partial charge < -0.3 is 10.6 Å². The Bertz CT molecular complexity index is 484. The second kappa shape index (κ2) is 6.49. The lowest BCUT2D eigenvalue weighted by molar-refractivity contribution is -0.135. The van der Waals surface area contributed by atoms with Crippen LogP contribution in [0.4, 0.5) is 24.8 Å². The number of rotatable bonds is 7. The van der Waals surface area contributed by atoms with Crippen molar-refractivity contribution in [3.63, 3.8) is 0 Å². The maximum atomic E-state index is 12.1. The SMILES string of the molecule is CNc1nc(C2CC2)nc(NCCCCC(F)(F)F)c1C. The molecule has 7 heteroatoms. The number of aromatic nitrogens is 2. The first-order valence-corrected chi connectivity index (χ1v) is 7.27. The molecule has 0 amide bonds. The fourth-order valence-corrected chi connectivity index (χ4v) is 2.13. The lowest BCUT2D eigenvalue weighted by Gasteiger charge is -2.13. The van der Waals surface area contributed by atoms with Gasteiger partial charge in [0.25, 0.3) is 0 Å². The number of alkyl halides is 3. The van der Waals surface area contributed by atoms with Crippen LogP contribution in [0.5, 0.6) is 0 Å². The lowest BCUT2D eigenvalue weighted by Crippen LogP contribution is -2.12. The third-order valence-electron chi connectivity index (χ3n) is 3.52. The first-order valence-electron chi connectivity index (χ1n) is 7.27. The minimum Gasteiger partial charge on any atom is -0.373 e. The van der Waals surface area contributed by atoms with E-state index >= 15 is 0 Å². The van der Waals surface area contributed by atoms with Gasteiger partial charge in [0.05, 0.1) is 0 Å². The summed E-state index contributed by atoms with van der Waals surface area (Å²) in [6.07, 6.45) is -1.98. The molecule has 2 rings (SSSR count). The van der Waals surface area contributed by atoms with E-state index in [4.69, 9.17) is 0 Å². The Balaban J connectivity index is 1.91. The summed E-state index contributed by atoms with van der Waals surface area (Å²) in [5.41, 5.74) is 0.901. The zero-order valence-electron chi connectivity index (χ0n) is 12.3. The fraction of sp³-hybridized carbons (Fsp3) is 0.714. The van der Waals surface area contributed by atoms with E-state index < -0.39 is 12.6 Å². The molecule has 0 radical (unpaired) electrons. The van der Waals surface area contributed by atoms with E-state index in [1.54, 1.807) is 7.05 Å². The Morgan fingerprint density at radius 1 is 1.14 bits per heavy atom. The Kier molecular flexibility index (Phi) is 4.90. The molecule has 1 aromatic heterocycles. The molecule has 0 atom stereocenters. The molecule has 0 bridgehead atoms. The van der Waals surface area contributed by atoms with Crippen molar-refractivity contribution in [2.24, 2.45) is 0 Å². The van der Waals surface area contributed by atoms with Crippen LogP contribution in [0.15, 0.2) is 0 Å². The van der Waals surface area contributed by atoms with Crippen molar-refractivity contribution in [3.8, 4) is 0 Å². The van der Waals surface area contributed by atoms with E-state index in [9.17, 15) is 13.2 Å². The molecular weight excluding hydrogens is 281 g/mol. The molecule has 0 aliphatic heterocycles. The molecule has 0 saturated heterocycles. The van der Waals surface area contributed by atoms with Gasteiger partial charge in [-0.1, -0.05) is 0 Å². The van der Waals surface area contributed by atoms with Crippen molar-refractivity contribution >= 4 is 11.6 Å². The Hall–Kier alpha value is -1.53. The minimum absolute atomic E-state index is 0.134. The highest BCUT2D eigenvalue weighted by atomic mass is 19.4. The summed E-state index contributed by atoms with van der Waals surface area (Å²) in [4.78, 5) is 8.98. The van der Waals surface area contributed by atoms with Crippen LogP contribution in [0, 0.1) is 6.92 Å². The Labute approximate surface area is 122 Å². The molecule has 0 aromatic carbocycles. The van der Waals surface area contributed by atoms with E-state index in [1.165, 1.54) is 0 Å². The number of hydrogen-bond donors (Lipinski definition) is 2. The van der Waals surface area contributed by atoms with Crippen LogP contribution in [-0.2, 0) is 0 Å². The van der Waals surface area contributed by atoms with Crippen molar-refractivity contribution < 1.29 is 13.2 Å². The van der Waals surface area contributed by atoms with Gasteiger partial charge in [-0.3, -0.25) is 0 Å². The molecule has 1 aliphatic carbocycles. The summed E-state index contributed by atoms with van der Waals surface area (Å²) >= 11 is 0. The molecule has 1 saturated carbocycles. The normalized spacial score (nSPS) is 15.1. The summed E-state index contributed by atoms with van der Waals surface area (Å²) in [5, 5.41) is 6.18. The van der Waals surface area contributed by atoms with Gasteiger partial charge in [-0.2, -0.15) is 13.2 Å². The van der Waals surface area contributed by atoms with Crippen molar-refractivity contribution in [1.82, 2.24) is 9.97 Å². The molecule has 4 nitrogen and oxygen atoms in total. The molecule has 2 N–H and O–H groups in total. The molecule has 0 unspecified atom stereocenters. The number of anilines is 2. The van der Waals surface area contributed by atoms with Crippen LogP contribution >= 0.6 is 0 Å². The molecule has 1 fully saturated rings. The number of nitrogens with zero attached hydrogens (tertiary/aromatic N) is 2. The summed E-state index contributed by atoms with van der Waals surface area (Å²) in [5.74, 6) is 2.76. The Morgan fingerprint density at radius 3 is 2.38 bits per heavy atom. The first kappa shape index (κ1) is 15.9. The van der Waals surface area contributed by atoms with Crippen LogP contribution in [0.25, 0.3) is 0 Å². The van der Waals surface area contributed by atoms with Crippen molar-refractivity contribution in [1.29, 1.82) is 0 Å². The molecule has 1 aromatic rings. The smallest absolute Gasteiger partial charge is 0.373 e. The average molecular weight is 302 g/mol. The lowest BCUT2D eigenvalue weighted by atomic mass is 10.2. The monoisotopic (exact) mass is 302 g/mol. The predicted octanol–water partition coefficient (Wildman–Crippen LogP) is 3.85. The maximum Gasteiger partial charge on any atom is 0.389 e. The number of nitrogens with one attached hydrogen (secondary N) is 2. The summed E-state index contributed by atoms with van der Waals surface area (Å²) in [6, 6.07) is 0. The van der Waals surface area contributed by atoms with E-state index in [0.717, 1.165) is 35.9 Å². The standard InChI is InChI=1S/C14H21F3N4/c1-9-11(18-2)20-13(10-5-6-10)21-12(9)19-8-4-3-7-14(15,16)17/h10H,3-8H2,1-2H3,(H2,18,19,20,21). The highest BCUT2D eigenvalue weighted by molar-refractivity contribution is 5.57. The third-order valence-corrected chi connectivity index (χ3v) is 3.52. The second-order valence-corrected chi connectivity index (χ2v) is 5.43. The van der Waals surface area contributed by atoms with Gasteiger partial charge in [0.2, 0.25) is 0 Å². The summed E-state index contributed by atoms with van der Waals surface area (Å²) in [6.45, 7) is 2.39. The van der Waals surface area contributed by atoms with Gasteiger partial charge in [-0.25, -0.2) is 9.97 Å². The van der Waals surface area contributed by atoms with Gasteiger partial charge in [0, 0.05) is 31.5 Å². The van der Waals surface area contributed by atoms with E-state index in [1.807, 2.05) is 6.92 Å². The number of unbranched alkanes of at least 4 members (excludes halogenated alkanes) is 1. The molecule has 118 valence electrons. The molecular formula is C14H21F3N4. The van der Waals surface area contributed by atoms with Gasteiger partial charge in [0.1, 0.15) is 17.5 Å². The van der Waals surface area contributed by atoms with E-state index in [-0.39, 0.29) is 6.42 Å². The summed E-state index contributed by atoms with van der Waals surface area (Å²) < 4.78 is 36.2. The largest absolute Gasteiger partial charge is 0.389 e. The summed E-state index contributed by atoms with van der Waals surface area (Å²) in [7, 11) is 1.80. The maximum absolute atomic E-state index is 12.1. The molecule has 1 aliphatic rings. The number of halogens is 3. The quantitative estimate of drug-likeness (QED) is 0.751. The van der Waals surface area contributed by atoms with Crippen LogP contribution in [-0.4, -0.2) is 29.7 Å². The van der Waals surface area contributed by atoms with Crippen LogP contribution in [0.1, 0.15) is 49.4 Å². The van der Waals surface area contributed by atoms with E-state index in [0.29, 0.717) is 18.9 Å². The van der Waals surface area contributed by atoms with Gasteiger partial charge in [-0.15, -0.1) is 0 Å². The highest BCUT2D eigenvalue weighted by Crippen LogP contribution is 2.39. The Morgan fingerprint density at radius 2 is 1.81 bits per heavy atom. The molecule has 21 heavy (non-hydrogen) atoms. The topological polar surface area (TPSA) is 49.8 Å². The third kappa shape index (κ3) is 4.75. The second-order valence-electron chi connectivity index (χ2n) is 5.43. The van der Waals surface area contributed by atoms with Crippen molar-refractivity contribution in [2.45, 2.75) is 51.1 Å². The van der Waals surface area contributed by atoms with Gasteiger partial charge in [-0.05, 0) is 32.6 Å². The van der Waals surface area contributed by atoms with Gasteiger partial charge >= 0.3 is 6.18 Å². The van der Waals surface area contributed by atoms with Crippen LogP contribution < -0.4 is 10.6 Å². The van der Waals surface area contributed by atoms with Crippen LogP contribution in [0.3, 0.4) is 0 Å². The molecule has 1 heterocycles. The van der Waals surface area contributed by atoms with Gasteiger partial charge in [0.15, 0.2) is 0 Å². The first-order chi connectivity index (χ1) is 9.90. The minimum atomic E-state index is -4.07. The zero-order valence-corrected chi connectivity index (χ0v) is 12.3. The van der Waals surface area contributed by atoms with Crippen LogP contribution in [0.2, 0.25) is 0 Å². The fourth-order valence-electron chi connectivity index (χ4n) is 2.13. The number of hydrogen-bond acceptors (Lipinski definition) is 4. The van der Waals surface area contributed by atoms with E-state index in [2.05, 4.69) is 20.6 Å². The predicted molar refractivity (Wildman–Crippen MR) is 76.7 cm³/mol. The molecule has 0 spiro atoms.